The summed E-state index contributed by atoms with van der Waals surface area (Å²) in [5.41, 5.74) is 6.72. The van der Waals surface area contributed by atoms with Gasteiger partial charge in [0.15, 0.2) is 0 Å². The highest BCUT2D eigenvalue weighted by Gasteiger charge is 2.17. The number of rotatable bonds is 2. The van der Waals surface area contributed by atoms with Gasteiger partial charge in [-0.05, 0) is 26.0 Å². The van der Waals surface area contributed by atoms with Gasteiger partial charge < -0.3 is 5.73 Å². The van der Waals surface area contributed by atoms with Gasteiger partial charge in [0.2, 0.25) is 0 Å². The highest BCUT2D eigenvalue weighted by molar-refractivity contribution is 7.15. The lowest BCUT2D eigenvalue weighted by Gasteiger charge is -2.14. The molecular weight excluding hydrogens is 206 g/mol. The van der Waals surface area contributed by atoms with Crippen LogP contribution < -0.4 is 5.73 Å². The number of nitrogens with zero attached hydrogens (tertiary/aromatic N) is 2. The summed E-state index contributed by atoms with van der Waals surface area (Å²) in [6.45, 7) is 3.96. The van der Waals surface area contributed by atoms with Crippen molar-refractivity contribution in [1.29, 1.82) is 0 Å². The van der Waals surface area contributed by atoms with E-state index in [4.69, 9.17) is 5.73 Å². The van der Waals surface area contributed by atoms with Gasteiger partial charge in [-0.1, -0.05) is 0 Å². The maximum atomic E-state index is 6.00. The quantitative estimate of drug-likeness (QED) is 0.843. The third-order valence-electron chi connectivity index (χ3n) is 2.05. The van der Waals surface area contributed by atoms with Gasteiger partial charge in [0.1, 0.15) is 5.01 Å². The summed E-state index contributed by atoms with van der Waals surface area (Å²) in [5, 5.41) is 0.969. The maximum Gasteiger partial charge on any atom is 0.125 e. The monoisotopic (exact) mass is 219 g/mol. The first kappa shape index (κ1) is 10.3. The van der Waals surface area contributed by atoms with Crippen molar-refractivity contribution in [3.05, 3.63) is 35.6 Å². The van der Waals surface area contributed by atoms with Crippen molar-refractivity contribution < 1.29 is 0 Å². The maximum absolute atomic E-state index is 6.00. The van der Waals surface area contributed by atoms with Crippen LogP contribution in [0.2, 0.25) is 0 Å². The third-order valence-corrected chi connectivity index (χ3v) is 3.44. The van der Waals surface area contributed by atoms with E-state index in [2.05, 4.69) is 9.97 Å². The molecule has 2 aromatic rings. The largest absolute Gasteiger partial charge is 0.321 e. The zero-order chi connectivity index (χ0) is 10.9. The Labute approximate surface area is 93.0 Å². The van der Waals surface area contributed by atoms with Crippen LogP contribution >= 0.6 is 11.3 Å². The molecule has 0 amide bonds. The van der Waals surface area contributed by atoms with Crippen molar-refractivity contribution in [2.24, 2.45) is 5.73 Å². The van der Waals surface area contributed by atoms with Gasteiger partial charge in [0.05, 0.1) is 0 Å². The summed E-state index contributed by atoms with van der Waals surface area (Å²) >= 11 is 1.62. The minimum absolute atomic E-state index is 0.321. The first-order chi connectivity index (χ1) is 7.07. The predicted octanol–water partition coefficient (Wildman–Crippen LogP) is 2.40. The lowest BCUT2D eigenvalue weighted by Crippen LogP contribution is -2.27. The average molecular weight is 219 g/mol. The molecule has 0 unspecified atom stereocenters. The molecule has 2 rings (SSSR count). The number of hydrogen-bond donors (Lipinski definition) is 1. The number of hydrogen-bond acceptors (Lipinski definition) is 4. The van der Waals surface area contributed by atoms with Crippen LogP contribution in [-0.2, 0) is 5.54 Å². The second-order valence-corrected chi connectivity index (χ2v) is 5.02. The molecule has 0 aliphatic carbocycles. The van der Waals surface area contributed by atoms with E-state index < -0.39 is 0 Å². The molecule has 0 bridgehead atoms. The summed E-state index contributed by atoms with van der Waals surface area (Å²) in [7, 11) is 0. The fraction of sp³-hybridized carbons (Fsp3) is 0.273. The van der Waals surface area contributed by atoms with Crippen molar-refractivity contribution in [3.8, 4) is 10.6 Å². The summed E-state index contributed by atoms with van der Waals surface area (Å²) in [6, 6.07) is 3.91. The van der Waals surface area contributed by atoms with E-state index in [1.54, 1.807) is 17.5 Å². The second kappa shape index (κ2) is 3.72. The first-order valence-electron chi connectivity index (χ1n) is 4.73. The predicted molar refractivity (Wildman–Crippen MR) is 62.6 cm³/mol. The van der Waals surface area contributed by atoms with Crippen LogP contribution in [0.1, 0.15) is 18.7 Å². The summed E-state index contributed by atoms with van der Waals surface area (Å²) < 4.78 is 0. The highest BCUT2D eigenvalue weighted by Crippen LogP contribution is 2.29. The Morgan fingerprint density at radius 2 is 2.13 bits per heavy atom. The molecular formula is C11H13N3S. The minimum atomic E-state index is -0.321. The lowest BCUT2D eigenvalue weighted by molar-refractivity contribution is 0.566. The molecule has 4 heteroatoms. The number of nitrogens with two attached hydrogens (primary N) is 1. The van der Waals surface area contributed by atoms with E-state index in [1.165, 1.54) is 0 Å². The van der Waals surface area contributed by atoms with E-state index in [0.29, 0.717) is 0 Å². The first-order valence-corrected chi connectivity index (χ1v) is 5.54. The van der Waals surface area contributed by atoms with Crippen molar-refractivity contribution in [2.45, 2.75) is 19.4 Å². The lowest BCUT2D eigenvalue weighted by atomic mass is 10.1. The van der Waals surface area contributed by atoms with Gasteiger partial charge in [0.25, 0.3) is 0 Å². The Morgan fingerprint density at radius 3 is 2.67 bits per heavy atom. The Balaban J connectivity index is 2.37. The molecule has 0 atom stereocenters. The van der Waals surface area contributed by atoms with Crippen molar-refractivity contribution in [3.63, 3.8) is 0 Å². The fourth-order valence-electron chi connectivity index (χ4n) is 1.19. The van der Waals surface area contributed by atoms with Crippen LogP contribution in [0, 0.1) is 0 Å². The van der Waals surface area contributed by atoms with E-state index >= 15 is 0 Å². The van der Waals surface area contributed by atoms with E-state index in [0.717, 1.165) is 15.4 Å². The molecule has 0 aliphatic rings. The standard InChI is InChI=1S/C11H13N3S/c1-11(2,12)9-7-14-10(15-9)8-4-3-5-13-6-8/h3-7H,12H2,1-2H3. The molecule has 3 nitrogen and oxygen atoms in total. The molecule has 2 N–H and O–H groups in total. The van der Waals surface area contributed by atoms with Crippen molar-refractivity contribution in [2.75, 3.05) is 0 Å². The molecule has 2 heterocycles. The molecule has 15 heavy (non-hydrogen) atoms. The van der Waals surface area contributed by atoms with Gasteiger partial charge in [-0.2, -0.15) is 0 Å². The Hall–Kier alpha value is -1.26. The molecule has 0 aromatic carbocycles. The van der Waals surface area contributed by atoms with Crippen LogP contribution in [0.15, 0.2) is 30.7 Å². The minimum Gasteiger partial charge on any atom is -0.321 e. The van der Waals surface area contributed by atoms with Crippen LogP contribution in [0.25, 0.3) is 10.6 Å². The smallest absolute Gasteiger partial charge is 0.125 e. The molecule has 0 aliphatic heterocycles. The average Bonchev–Trinajstić information content (AvgIpc) is 2.67. The highest BCUT2D eigenvalue weighted by atomic mass is 32.1. The van der Waals surface area contributed by atoms with Gasteiger partial charge in [-0.3, -0.25) is 4.98 Å². The zero-order valence-electron chi connectivity index (χ0n) is 8.77. The molecule has 0 radical (unpaired) electrons. The number of thiazole rings is 1. The van der Waals surface area contributed by atoms with Gasteiger partial charge in [-0.15, -0.1) is 11.3 Å². The van der Waals surface area contributed by atoms with Crippen molar-refractivity contribution in [1.82, 2.24) is 9.97 Å². The molecule has 0 spiro atoms. The van der Waals surface area contributed by atoms with E-state index in [9.17, 15) is 0 Å². The van der Waals surface area contributed by atoms with Gasteiger partial charge >= 0.3 is 0 Å². The number of aromatic nitrogens is 2. The third kappa shape index (κ3) is 2.22. The van der Waals surface area contributed by atoms with Crippen LogP contribution in [0.3, 0.4) is 0 Å². The molecule has 78 valence electrons. The number of pyridine rings is 1. The van der Waals surface area contributed by atoms with E-state index in [-0.39, 0.29) is 5.54 Å². The summed E-state index contributed by atoms with van der Waals surface area (Å²) in [6.07, 6.45) is 5.41. The van der Waals surface area contributed by atoms with Gasteiger partial charge in [0, 0.05) is 34.6 Å². The SMILES string of the molecule is CC(C)(N)c1cnc(-c2cccnc2)s1. The van der Waals surface area contributed by atoms with Crippen molar-refractivity contribution >= 4 is 11.3 Å². The fourth-order valence-corrected chi connectivity index (χ4v) is 2.12. The molecule has 0 saturated heterocycles. The Kier molecular flexibility index (Phi) is 2.54. The molecule has 2 aromatic heterocycles. The van der Waals surface area contributed by atoms with Gasteiger partial charge in [-0.25, -0.2) is 4.98 Å². The van der Waals surface area contributed by atoms with E-state index in [1.807, 2.05) is 38.4 Å². The summed E-state index contributed by atoms with van der Waals surface area (Å²) in [4.78, 5) is 9.50. The topological polar surface area (TPSA) is 51.8 Å². The zero-order valence-corrected chi connectivity index (χ0v) is 9.58. The molecule has 0 saturated carbocycles. The molecule has 0 fully saturated rings. The Morgan fingerprint density at radius 1 is 1.33 bits per heavy atom. The van der Waals surface area contributed by atoms with Crippen LogP contribution in [0.4, 0.5) is 0 Å². The second-order valence-electron chi connectivity index (χ2n) is 3.99. The normalized spacial score (nSPS) is 11.7. The summed E-state index contributed by atoms with van der Waals surface area (Å²) in [5.74, 6) is 0. The van der Waals surface area contributed by atoms with Crippen LogP contribution in [-0.4, -0.2) is 9.97 Å². The Bertz CT molecular complexity index is 442. The van der Waals surface area contributed by atoms with Crippen LogP contribution in [0.5, 0.6) is 0 Å².